The van der Waals surface area contributed by atoms with Crippen LogP contribution >= 0.6 is 22.7 Å². The third-order valence-corrected chi connectivity index (χ3v) is 6.76. The van der Waals surface area contributed by atoms with Gasteiger partial charge in [0.05, 0.1) is 21.3 Å². The highest BCUT2D eigenvalue weighted by atomic mass is 32.2. The van der Waals surface area contributed by atoms with Gasteiger partial charge in [-0.2, -0.15) is 0 Å². The molecule has 3 aromatic rings. The van der Waals surface area contributed by atoms with Crippen LogP contribution in [0.25, 0.3) is 10.2 Å². The molecule has 0 aliphatic carbocycles. The summed E-state index contributed by atoms with van der Waals surface area (Å²) in [5.41, 5.74) is 3.14. The standard InChI is InChI=1S/C17H19N3O3S3/c1-10-4-5-11(2)15-14(10)19-17(25-15)20-16(21)13-7-6-12(24-13)8-9-18-26(3,22)23/h4-7,18H,8-9H2,1-3H3,(H,19,20,21). The molecule has 6 nitrogen and oxygen atoms in total. The molecule has 2 heterocycles. The Morgan fingerprint density at radius 2 is 1.85 bits per heavy atom. The van der Waals surface area contributed by atoms with Gasteiger partial charge in [0.1, 0.15) is 0 Å². The van der Waals surface area contributed by atoms with Crippen molar-refractivity contribution in [1.29, 1.82) is 0 Å². The number of carbonyl (C=O) groups is 1. The number of fused-ring (bicyclic) bond motifs is 1. The lowest BCUT2D eigenvalue weighted by molar-refractivity contribution is 0.103. The minimum atomic E-state index is -3.20. The number of hydrogen-bond acceptors (Lipinski definition) is 6. The van der Waals surface area contributed by atoms with Crippen molar-refractivity contribution in [3.05, 3.63) is 45.1 Å². The number of thiophene rings is 1. The molecule has 138 valence electrons. The zero-order valence-electron chi connectivity index (χ0n) is 14.6. The maximum atomic E-state index is 12.5. The lowest BCUT2D eigenvalue weighted by Crippen LogP contribution is -2.24. The van der Waals surface area contributed by atoms with Gasteiger partial charge in [-0.1, -0.05) is 23.5 Å². The van der Waals surface area contributed by atoms with Crippen molar-refractivity contribution in [2.75, 3.05) is 18.1 Å². The molecule has 2 aromatic heterocycles. The molecule has 0 saturated heterocycles. The number of carbonyl (C=O) groups excluding carboxylic acids is 1. The summed E-state index contributed by atoms with van der Waals surface area (Å²) in [4.78, 5) is 18.5. The predicted molar refractivity (Wildman–Crippen MR) is 108 cm³/mol. The largest absolute Gasteiger partial charge is 0.297 e. The number of anilines is 1. The Morgan fingerprint density at radius 1 is 1.12 bits per heavy atom. The Balaban J connectivity index is 1.69. The van der Waals surface area contributed by atoms with E-state index in [2.05, 4.69) is 21.1 Å². The summed E-state index contributed by atoms with van der Waals surface area (Å²) < 4.78 is 25.7. The maximum absolute atomic E-state index is 12.5. The molecule has 0 aliphatic rings. The second kappa shape index (κ2) is 7.43. The van der Waals surface area contributed by atoms with Crippen molar-refractivity contribution in [2.24, 2.45) is 0 Å². The third kappa shape index (κ3) is 4.47. The van der Waals surface area contributed by atoms with Crippen LogP contribution in [-0.2, 0) is 16.4 Å². The molecule has 9 heteroatoms. The molecule has 1 amide bonds. The zero-order chi connectivity index (χ0) is 18.9. The van der Waals surface area contributed by atoms with Gasteiger partial charge in [0, 0.05) is 11.4 Å². The summed E-state index contributed by atoms with van der Waals surface area (Å²) in [6, 6.07) is 7.67. The van der Waals surface area contributed by atoms with Crippen LogP contribution in [0, 0.1) is 13.8 Å². The summed E-state index contributed by atoms with van der Waals surface area (Å²) in [6.07, 6.45) is 1.67. The molecule has 1 aromatic carbocycles. The first kappa shape index (κ1) is 19.0. The number of aryl methyl sites for hydroxylation is 2. The van der Waals surface area contributed by atoms with E-state index >= 15 is 0 Å². The van der Waals surface area contributed by atoms with Crippen molar-refractivity contribution in [3.63, 3.8) is 0 Å². The molecule has 0 spiro atoms. The molecule has 3 rings (SSSR count). The quantitative estimate of drug-likeness (QED) is 0.654. The second-order valence-electron chi connectivity index (χ2n) is 6.03. The van der Waals surface area contributed by atoms with Crippen LogP contribution in [0.5, 0.6) is 0 Å². The van der Waals surface area contributed by atoms with E-state index in [0.717, 1.165) is 32.5 Å². The molecular formula is C17H19N3O3S3. The smallest absolute Gasteiger partial charge is 0.267 e. The topological polar surface area (TPSA) is 88.2 Å². The van der Waals surface area contributed by atoms with Crippen LogP contribution in [0.2, 0.25) is 0 Å². The van der Waals surface area contributed by atoms with Crippen molar-refractivity contribution < 1.29 is 13.2 Å². The molecule has 0 bridgehead atoms. The van der Waals surface area contributed by atoms with Crippen molar-refractivity contribution in [1.82, 2.24) is 9.71 Å². The van der Waals surface area contributed by atoms with Gasteiger partial charge >= 0.3 is 0 Å². The average molecular weight is 410 g/mol. The predicted octanol–water partition coefficient (Wildman–Crippen LogP) is 3.32. The SMILES string of the molecule is Cc1ccc(C)c2sc(NC(=O)c3ccc(CCNS(C)(=O)=O)s3)nc12. The van der Waals surface area contributed by atoms with E-state index in [1.165, 1.54) is 22.7 Å². The van der Waals surface area contributed by atoms with Gasteiger partial charge < -0.3 is 0 Å². The summed E-state index contributed by atoms with van der Waals surface area (Å²) in [7, 11) is -3.20. The van der Waals surface area contributed by atoms with Crippen LogP contribution in [0.4, 0.5) is 5.13 Å². The van der Waals surface area contributed by atoms with Crippen LogP contribution in [-0.4, -0.2) is 32.1 Å². The Bertz CT molecular complexity index is 1030. The molecule has 2 N–H and O–H groups in total. The minimum Gasteiger partial charge on any atom is -0.297 e. The lowest BCUT2D eigenvalue weighted by Gasteiger charge is -2.00. The molecule has 0 saturated carbocycles. The number of hydrogen-bond donors (Lipinski definition) is 2. The Hall–Kier alpha value is -1.81. The average Bonchev–Trinajstić information content (AvgIpc) is 3.17. The zero-order valence-corrected chi connectivity index (χ0v) is 17.1. The van der Waals surface area contributed by atoms with Crippen LogP contribution in [0.15, 0.2) is 24.3 Å². The maximum Gasteiger partial charge on any atom is 0.267 e. The Labute approximate surface area is 160 Å². The number of sulfonamides is 1. The first-order valence-electron chi connectivity index (χ1n) is 7.94. The van der Waals surface area contributed by atoms with E-state index in [0.29, 0.717) is 23.0 Å². The van der Waals surface area contributed by atoms with Gasteiger partial charge in [-0.05, 0) is 43.5 Å². The van der Waals surface area contributed by atoms with Crippen molar-refractivity contribution >= 4 is 54.0 Å². The van der Waals surface area contributed by atoms with E-state index in [-0.39, 0.29) is 5.91 Å². The lowest BCUT2D eigenvalue weighted by atomic mass is 10.1. The fourth-order valence-corrected chi connectivity index (χ4v) is 4.85. The highest BCUT2D eigenvalue weighted by Gasteiger charge is 2.14. The van der Waals surface area contributed by atoms with Crippen LogP contribution in [0.1, 0.15) is 25.7 Å². The number of rotatable bonds is 6. The second-order valence-corrected chi connectivity index (χ2v) is 10.0. The molecule has 0 atom stereocenters. The van der Waals surface area contributed by atoms with E-state index in [4.69, 9.17) is 0 Å². The first-order chi connectivity index (χ1) is 12.2. The van der Waals surface area contributed by atoms with E-state index in [1.807, 2.05) is 26.0 Å². The summed E-state index contributed by atoms with van der Waals surface area (Å²) >= 11 is 2.82. The van der Waals surface area contributed by atoms with E-state index in [1.54, 1.807) is 6.07 Å². The molecule has 26 heavy (non-hydrogen) atoms. The number of amides is 1. The highest BCUT2D eigenvalue weighted by Crippen LogP contribution is 2.31. The van der Waals surface area contributed by atoms with Crippen molar-refractivity contribution in [2.45, 2.75) is 20.3 Å². The van der Waals surface area contributed by atoms with Gasteiger partial charge in [0.2, 0.25) is 10.0 Å². The third-order valence-electron chi connectivity index (χ3n) is 3.78. The van der Waals surface area contributed by atoms with Gasteiger partial charge in [-0.15, -0.1) is 11.3 Å². The van der Waals surface area contributed by atoms with E-state index < -0.39 is 10.0 Å². The summed E-state index contributed by atoms with van der Waals surface area (Å²) in [5.74, 6) is -0.202. The number of benzene rings is 1. The number of nitrogens with zero attached hydrogens (tertiary/aromatic N) is 1. The number of thiazole rings is 1. The minimum absolute atomic E-state index is 0.202. The Morgan fingerprint density at radius 3 is 2.54 bits per heavy atom. The number of aromatic nitrogens is 1. The van der Waals surface area contributed by atoms with Gasteiger partial charge in [0.25, 0.3) is 5.91 Å². The van der Waals surface area contributed by atoms with Crippen LogP contribution in [0.3, 0.4) is 0 Å². The molecular weight excluding hydrogens is 390 g/mol. The molecule has 0 radical (unpaired) electrons. The van der Waals surface area contributed by atoms with Gasteiger partial charge in [-0.3, -0.25) is 10.1 Å². The van der Waals surface area contributed by atoms with E-state index in [9.17, 15) is 13.2 Å². The first-order valence-corrected chi connectivity index (χ1v) is 11.5. The monoisotopic (exact) mass is 409 g/mol. The molecule has 0 fully saturated rings. The van der Waals surface area contributed by atoms with Crippen molar-refractivity contribution in [3.8, 4) is 0 Å². The normalized spacial score (nSPS) is 11.8. The van der Waals surface area contributed by atoms with Crippen LogP contribution < -0.4 is 10.0 Å². The number of nitrogens with one attached hydrogen (secondary N) is 2. The van der Waals surface area contributed by atoms with Gasteiger partial charge in [0.15, 0.2) is 5.13 Å². The summed E-state index contributed by atoms with van der Waals surface area (Å²) in [6.45, 7) is 4.35. The highest BCUT2D eigenvalue weighted by molar-refractivity contribution is 7.88. The summed E-state index contributed by atoms with van der Waals surface area (Å²) in [5, 5.41) is 3.44. The Kier molecular flexibility index (Phi) is 5.42. The molecule has 0 aliphatic heterocycles. The molecule has 0 unspecified atom stereocenters. The fraction of sp³-hybridized carbons (Fsp3) is 0.294. The fourth-order valence-electron chi connectivity index (χ4n) is 2.47. The van der Waals surface area contributed by atoms with Gasteiger partial charge in [-0.25, -0.2) is 18.1 Å².